The van der Waals surface area contributed by atoms with Crippen molar-refractivity contribution in [3.05, 3.63) is 60.7 Å². The number of amides is 1. The second kappa shape index (κ2) is 11.4. The molecule has 1 aliphatic rings. The highest BCUT2D eigenvalue weighted by Gasteiger charge is 2.53. The molecule has 0 radical (unpaired) electrons. The summed E-state index contributed by atoms with van der Waals surface area (Å²) in [6, 6.07) is 20.9. The first-order chi connectivity index (χ1) is 17.3. The lowest BCUT2D eigenvalue weighted by atomic mass is 9.92. The summed E-state index contributed by atoms with van der Waals surface area (Å²) < 4.78 is 18.4. The Bertz CT molecular complexity index is 1010. The molecule has 0 aromatic heterocycles. The topological polar surface area (TPSA) is 65.1 Å². The van der Waals surface area contributed by atoms with E-state index in [-0.39, 0.29) is 29.6 Å². The van der Waals surface area contributed by atoms with Crippen molar-refractivity contribution in [3.8, 4) is 0 Å². The van der Waals surface area contributed by atoms with Crippen LogP contribution in [0.1, 0.15) is 55.4 Å². The van der Waals surface area contributed by atoms with Crippen molar-refractivity contribution in [2.45, 2.75) is 72.1 Å². The molecule has 1 fully saturated rings. The van der Waals surface area contributed by atoms with Crippen LogP contribution in [-0.2, 0) is 18.7 Å². The Balaban J connectivity index is 2.03. The van der Waals surface area contributed by atoms with Gasteiger partial charge in [0.1, 0.15) is 5.60 Å². The number of esters is 1. The predicted molar refractivity (Wildman–Crippen MR) is 150 cm³/mol. The summed E-state index contributed by atoms with van der Waals surface area (Å²) in [7, 11) is -2.84. The van der Waals surface area contributed by atoms with Crippen LogP contribution in [0.4, 0.5) is 4.79 Å². The monoisotopic (exact) mass is 525 g/mol. The average molecular weight is 526 g/mol. The van der Waals surface area contributed by atoms with Crippen molar-refractivity contribution >= 4 is 30.8 Å². The molecule has 1 saturated heterocycles. The van der Waals surface area contributed by atoms with E-state index in [0.717, 1.165) is 0 Å². The predicted octanol–water partition coefficient (Wildman–Crippen LogP) is 5.00. The fraction of sp³-hybridized carbons (Fsp3) is 0.533. The van der Waals surface area contributed by atoms with Gasteiger partial charge >= 0.3 is 12.1 Å². The van der Waals surface area contributed by atoms with E-state index in [1.165, 1.54) is 10.4 Å². The third-order valence-corrected chi connectivity index (χ3v) is 12.1. The molecule has 0 spiro atoms. The van der Waals surface area contributed by atoms with Crippen LogP contribution in [0.15, 0.2) is 60.7 Å². The van der Waals surface area contributed by atoms with Gasteiger partial charge < -0.3 is 18.8 Å². The van der Waals surface area contributed by atoms with Crippen molar-refractivity contribution in [3.63, 3.8) is 0 Å². The van der Waals surface area contributed by atoms with Crippen LogP contribution in [0.2, 0.25) is 5.04 Å². The van der Waals surface area contributed by atoms with Crippen molar-refractivity contribution in [2.75, 3.05) is 19.7 Å². The highest BCUT2D eigenvalue weighted by molar-refractivity contribution is 6.99. The quantitative estimate of drug-likeness (QED) is 0.376. The number of hydrogen-bond donors (Lipinski definition) is 0. The molecule has 3 rings (SSSR count). The molecule has 1 amide bonds. The van der Waals surface area contributed by atoms with E-state index in [4.69, 9.17) is 13.9 Å². The van der Waals surface area contributed by atoms with Crippen molar-refractivity contribution in [2.24, 2.45) is 11.8 Å². The van der Waals surface area contributed by atoms with Crippen LogP contribution in [0.25, 0.3) is 0 Å². The van der Waals surface area contributed by atoms with Gasteiger partial charge in [-0.05, 0) is 50.0 Å². The zero-order chi connectivity index (χ0) is 27.4. The normalized spacial score (nSPS) is 19.4. The molecule has 0 bridgehead atoms. The first-order valence-electron chi connectivity index (χ1n) is 13.2. The van der Waals surface area contributed by atoms with Crippen LogP contribution in [0, 0.1) is 11.8 Å². The lowest BCUT2D eigenvalue weighted by Gasteiger charge is -2.46. The number of ether oxygens (including phenoxy) is 2. The van der Waals surface area contributed by atoms with Gasteiger partial charge in [-0.25, -0.2) is 4.79 Å². The maximum Gasteiger partial charge on any atom is 0.410 e. The Hall–Kier alpha value is -2.64. The van der Waals surface area contributed by atoms with Gasteiger partial charge in [-0.2, -0.15) is 0 Å². The summed E-state index contributed by atoms with van der Waals surface area (Å²) >= 11 is 0. The third kappa shape index (κ3) is 6.44. The summed E-state index contributed by atoms with van der Waals surface area (Å²) in [6.07, 6.45) is -0.727. The van der Waals surface area contributed by atoms with E-state index in [2.05, 4.69) is 69.3 Å². The Kier molecular flexibility index (Phi) is 8.91. The zero-order valence-electron chi connectivity index (χ0n) is 23.6. The number of rotatable bonds is 7. The van der Waals surface area contributed by atoms with Crippen LogP contribution in [0.5, 0.6) is 0 Å². The zero-order valence-corrected chi connectivity index (χ0v) is 24.6. The van der Waals surface area contributed by atoms with Crippen LogP contribution in [-0.4, -0.2) is 56.7 Å². The smallest absolute Gasteiger partial charge is 0.410 e. The Morgan fingerprint density at radius 3 is 1.86 bits per heavy atom. The van der Waals surface area contributed by atoms with E-state index in [1.807, 2.05) is 39.8 Å². The molecule has 7 heteroatoms. The molecule has 1 aliphatic heterocycles. The van der Waals surface area contributed by atoms with Gasteiger partial charge in [-0.1, -0.05) is 81.4 Å². The second-order valence-corrected chi connectivity index (χ2v) is 16.1. The van der Waals surface area contributed by atoms with E-state index in [1.54, 1.807) is 11.8 Å². The minimum atomic E-state index is -2.84. The molecular weight excluding hydrogens is 482 g/mol. The molecular formula is C30H43NO5Si. The molecule has 0 saturated carbocycles. The second-order valence-electron chi connectivity index (χ2n) is 11.9. The van der Waals surface area contributed by atoms with Gasteiger partial charge in [-0.15, -0.1) is 0 Å². The molecule has 6 nitrogen and oxygen atoms in total. The van der Waals surface area contributed by atoms with Crippen molar-refractivity contribution < 1.29 is 23.5 Å². The first kappa shape index (κ1) is 28.9. The minimum Gasteiger partial charge on any atom is -0.466 e. The molecule has 1 heterocycles. The lowest BCUT2D eigenvalue weighted by Crippen LogP contribution is -2.68. The Morgan fingerprint density at radius 2 is 1.43 bits per heavy atom. The summed E-state index contributed by atoms with van der Waals surface area (Å²) in [6.45, 7) is 17.0. The SMILES string of the molecule is CCOC(=O)C1CN(C(=O)OC(C)(C)C)CC1C(C)O[Si](c1ccccc1)(c1ccccc1)C(C)(C)C. The summed E-state index contributed by atoms with van der Waals surface area (Å²) in [4.78, 5) is 27.7. The maximum absolute atomic E-state index is 13.1. The number of likely N-dealkylation sites (tertiary alicyclic amines) is 1. The molecule has 202 valence electrons. The Morgan fingerprint density at radius 1 is 0.919 bits per heavy atom. The minimum absolute atomic E-state index is 0.202. The number of benzene rings is 2. The van der Waals surface area contributed by atoms with Gasteiger partial charge in [0.2, 0.25) is 0 Å². The van der Waals surface area contributed by atoms with Crippen molar-refractivity contribution in [1.82, 2.24) is 4.90 Å². The van der Waals surface area contributed by atoms with Gasteiger partial charge in [0.15, 0.2) is 0 Å². The highest BCUT2D eigenvalue weighted by Crippen LogP contribution is 2.40. The first-order valence-corrected chi connectivity index (χ1v) is 15.1. The van der Waals surface area contributed by atoms with Gasteiger partial charge in [0, 0.05) is 25.1 Å². The molecule has 0 aliphatic carbocycles. The highest BCUT2D eigenvalue weighted by atomic mass is 28.4. The van der Waals surface area contributed by atoms with Crippen LogP contribution in [0.3, 0.4) is 0 Å². The summed E-state index contributed by atoms with van der Waals surface area (Å²) in [5.74, 6) is -1.01. The number of hydrogen-bond acceptors (Lipinski definition) is 5. The fourth-order valence-corrected chi connectivity index (χ4v) is 10.1. The molecule has 3 atom stereocenters. The third-order valence-electron chi connectivity index (χ3n) is 6.99. The number of nitrogens with zero attached hydrogens (tertiary/aromatic N) is 1. The summed E-state index contributed by atoms with van der Waals surface area (Å²) in [5.41, 5.74) is -0.619. The molecule has 0 N–H and O–H groups in total. The standard InChI is InChI=1S/C30H43NO5Si/c1-9-34-27(32)26-21-31(28(33)35-29(3,4)5)20-25(26)22(2)36-37(30(6,7)8,23-16-12-10-13-17-23)24-18-14-11-15-19-24/h10-19,22,25-26H,9,20-21H2,1-8H3. The van der Waals surface area contributed by atoms with Gasteiger partial charge in [0.25, 0.3) is 8.32 Å². The largest absolute Gasteiger partial charge is 0.466 e. The van der Waals surface area contributed by atoms with E-state index < -0.39 is 25.9 Å². The van der Waals surface area contributed by atoms with Crippen LogP contribution < -0.4 is 10.4 Å². The molecule has 2 aromatic rings. The Labute approximate surface area is 223 Å². The number of carbonyl (C=O) groups is 2. The van der Waals surface area contributed by atoms with Crippen LogP contribution >= 0.6 is 0 Å². The van der Waals surface area contributed by atoms with E-state index in [9.17, 15) is 9.59 Å². The molecule has 2 aromatic carbocycles. The van der Waals surface area contributed by atoms with Gasteiger partial charge in [0.05, 0.1) is 12.5 Å². The molecule has 37 heavy (non-hydrogen) atoms. The maximum atomic E-state index is 13.1. The average Bonchev–Trinajstić information content (AvgIpc) is 3.28. The van der Waals surface area contributed by atoms with Gasteiger partial charge in [-0.3, -0.25) is 4.79 Å². The lowest BCUT2D eigenvalue weighted by molar-refractivity contribution is -0.149. The molecule has 3 unspecified atom stereocenters. The fourth-order valence-electron chi connectivity index (χ4n) is 5.34. The van der Waals surface area contributed by atoms with E-state index in [0.29, 0.717) is 13.2 Å². The van der Waals surface area contributed by atoms with E-state index >= 15 is 0 Å². The number of carbonyl (C=O) groups excluding carboxylic acids is 2. The van der Waals surface area contributed by atoms with Crippen molar-refractivity contribution in [1.29, 1.82) is 0 Å². The summed E-state index contributed by atoms with van der Waals surface area (Å²) in [5, 5.41) is 2.15.